The molecule has 0 unspecified atom stereocenters. The fourth-order valence-electron chi connectivity index (χ4n) is 7.05. The lowest BCUT2D eigenvalue weighted by molar-refractivity contribution is -0.883. The molecule has 3 N–H and O–H groups in total. The van der Waals surface area contributed by atoms with Crippen LogP contribution in [0, 0.1) is 23.2 Å². The van der Waals surface area contributed by atoms with Gasteiger partial charge in [-0.25, -0.2) is 4.98 Å². The van der Waals surface area contributed by atoms with E-state index in [1.165, 1.54) is 9.78 Å². The first kappa shape index (κ1) is 25.6. The number of hydrogen-bond donors (Lipinski definition) is 3. The number of nitrogens with one attached hydrogen (secondary N) is 2. The van der Waals surface area contributed by atoms with Gasteiger partial charge in [0.1, 0.15) is 0 Å². The highest BCUT2D eigenvalue weighted by atomic mass is 32.1. The number of likely N-dealkylation sites (N-methyl/N-ethyl adjacent to an activating group) is 1. The molecule has 0 aromatic carbocycles. The number of thiazole rings is 1. The highest BCUT2D eigenvalue weighted by Gasteiger charge is 2.54. The highest BCUT2D eigenvalue weighted by molar-refractivity contribution is 7.15. The summed E-state index contributed by atoms with van der Waals surface area (Å²) in [5.74, 6) is 0.400. The van der Waals surface area contributed by atoms with Crippen LogP contribution in [0.2, 0.25) is 0 Å². The number of aliphatic hydroxyl groups is 1. The van der Waals surface area contributed by atoms with Gasteiger partial charge in [-0.15, -0.1) is 11.3 Å². The Morgan fingerprint density at radius 3 is 2.86 bits per heavy atom. The molecule has 2 aromatic rings. The zero-order valence-electron chi connectivity index (χ0n) is 22.2. The average Bonchev–Trinajstić information content (AvgIpc) is 3.27. The lowest BCUT2D eigenvalue weighted by atomic mass is 9.53. The van der Waals surface area contributed by atoms with Crippen LogP contribution >= 0.6 is 11.3 Å². The SMILES string of the molecule is C[C@H](C(=O)N1CC[NH+](C)CC1)[C@@H]1CC[C@@]2(C)Cc3sc(NCCc4ccccn4)nc3[C@@H](C)[C@@H]2[C@H]1O. The van der Waals surface area contributed by atoms with Crippen molar-refractivity contribution in [3.8, 4) is 0 Å². The summed E-state index contributed by atoms with van der Waals surface area (Å²) in [7, 11) is 2.19. The predicted octanol–water partition coefficient (Wildman–Crippen LogP) is 2.24. The van der Waals surface area contributed by atoms with E-state index in [9.17, 15) is 9.90 Å². The summed E-state index contributed by atoms with van der Waals surface area (Å²) in [6, 6.07) is 6.01. The first-order chi connectivity index (χ1) is 17.3. The van der Waals surface area contributed by atoms with Crippen LogP contribution in [-0.4, -0.2) is 71.8 Å². The first-order valence-corrected chi connectivity index (χ1v) is 14.5. The van der Waals surface area contributed by atoms with Crippen molar-refractivity contribution in [2.24, 2.45) is 23.2 Å². The Kier molecular flexibility index (Phi) is 7.39. The maximum absolute atomic E-state index is 13.4. The maximum atomic E-state index is 13.4. The second-order valence-corrected chi connectivity index (χ2v) is 12.8. The molecule has 0 radical (unpaired) electrons. The molecular weight excluding hydrogens is 470 g/mol. The van der Waals surface area contributed by atoms with Crippen molar-refractivity contribution in [2.45, 2.75) is 58.5 Å². The van der Waals surface area contributed by atoms with Crippen molar-refractivity contribution in [2.75, 3.05) is 45.1 Å². The number of aliphatic hydroxyl groups excluding tert-OH is 1. The lowest BCUT2D eigenvalue weighted by Gasteiger charge is -2.53. The van der Waals surface area contributed by atoms with E-state index in [0.717, 1.165) is 74.9 Å². The fourth-order valence-corrected chi connectivity index (χ4v) is 8.34. The third-order valence-electron chi connectivity index (χ3n) is 9.27. The normalized spacial score (nSPS) is 31.4. The van der Waals surface area contributed by atoms with Gasteiger partial charge in [-0.3, -0.25) is 9.78 Å². The Hall–Kier alpha value is -2.03. The van der Waals surface area contributed by atoms with Crippen molar-refractivity contribution in [1.29, 1.82) is 0 Å². The van der Waals surface area contributed by atoms with Crippen LogP contribution < -0.4 is 10.2 Å². The summed E-state index contributed by atoms with van der Waals surface area (Å²) in [6.45, 7) is 11.1. The maximum Gasteiger partial charge on any atom is 0.226 e. The number of fused-ring (bicyclic) bond motifs is 2. The molecule has 1 amide bonds. The number of piperazine rings is 1. The molecule has 1 saturated heterocycles. The third-order valence-corrected chi connectivity index (χ3v) is 10.3. The lowest BCUT2D eigenvalue weighted by Crippen LogP contribution is -3.12. The van der Waals surface area contributed by atoms with Crippen LogP contribution in [0.3, 0.4) is 0 Å². The minimum Gasteiger partial charge on any atom is -0.392 e. The van der Waals surface area contributed by atoms with Crippen LogP contribution in [0.25, 0.3) is 0 Å². The molecule has 1 saturated carbocycles. The van der Waals surface area contributed by atoms with Gasteiger partial charge >= 0.3 is 0 Å². The summed E-state index contributed by atoms with van der Waals surface area (Å²) < 4.78 is 0. The topological polar surface area (TPSA) is 82.8 Å². The number of pyridine rings is 1. The van der Waals surface area contributed by atoms with Gasteiger partial charge < -0.3 is 20.2 Å². The molecular formula is C28H42N5O2S+. The molecule has 2 aromatic heterocycles. The van der Waals surface area contributed by atoms with E-state index < -0.39 is 6.10 Å². The van der Waals surface area contributed by atoms with E-state index in [2.05, 4.69) is 44.2 Å². The van der Waals surface area contributed by atoms with Crippen molar-refractivity contribution < 1.29 is 14.8 Å². The van der Waals surface area contributed by atoms with Crippen LogP contribution in [0.5, 0.6) is 0 Å². The fraction of sp³-hybridized carbons (Fsp3) is 0.679. The highest BCUT2D eigenvalue weighted by Crippen LogP contribution is 2.57. The molecule has 8 heteroatoms. The van der Waals surface area contributed by atoms with Crippen LogP contribution in [0.4, 0.5) is 5.13 Å². The van der Waals surface area contributed by atoms with E-state index >= 15 is 0 Å². The minimum atomic E-state index is -0.480. The predicted molar refractivity (Wildman–Crippen MR) is 143 cm³/mol. The second kappa shape index (κ2) is 10.4. The number of amides is 1. The van der Waals surface area contributed by atoms with Gasteiger partial charge in [0.25, 0.3) is 0 Å². The van der Waals surface area contributed by atoms with E-state index in [-0.39, 0.29) is 35.0 Å². The molecule has 1 aliphatic heterocycles. The van der Waals surface area contributed by atoms with E-state index in [1.807, 2.05) is 23.2 Å². The molecule has 3 heterocycles. The first-order valence-electron chi connectivity index (χ1n) is 13.7. The molecule has 7 nitrogen and oxygen atoms in total. The molecule has 3 aliphatic rings. The summed E-state index contributed by atoms with van der Waals surface area (Å²) in [5, 5.41) is 16.2. The Bertz CT molecular complexity index is 1050. The van der Waals surface area contributed by atoms with Crippen molar-refractivity contribution >= 4 is 22.4 Å². The summed E-state index contributed by atoms with van der Waals surface area (Å²) >= 11 is 1.77. The molecule has 196 valence electrons. The van der Waals surface area contributed by atoms with Gasteiger partial charge in [-0.1, -0.05) is 26.8 Å². The average molecular weight is 513 g/mol. The van der Waals surface area contributed by atoms with Crippen molar-refractivity contribution in [3.05, 3.63) is 40.7 Å². The molecule has 0 bridgehead atoms. The number of rotatable bonds is 6. The molecule has 5 rings (SSSR count). The van der Waals surface area contributed by atoms with Gasteiger partial charge in [0, 0.05) is 41.6 Å². The number of carbonyl (C=O) groups is 1. The molecule has 36 heavy (non-hydrogen) atoms. The van der Waals surface area contributed by atoms with Crippen LogP contribution in [0.15, 0.2) is 24.4 Å². The Labute approximate surface area is 219 Å². The monoisotopic (exact) mass is 512 g/mol. The molecule has 2 aliphatic carbocycles. The van der Waals surface area contributed by atoms with Gasteiger partial charge in [0.05, 0.1) is 45.0 Å². The van der Waals surface area contributed by atoms with Crippen molar-refractivity contribution in [1.82, 2.24) is 14.9 Å². The Morgan fingerprint density at radius 2 is 2.14 bits per heavy atom. The van der Waals surface area contributed by atoms with Gasteiger partial charge in [-0.2, -0.15) is 0 Å². The molecule has 0 spiro atoms. The number of hydrogen-bond acceptors (Lipinski definition) is 6. The van der Waals surface area contributed by atoms with Gasteiger partial charge in [-0.05, 0) is 48.6 Å². The zero-order chi connectivity index (χ0) is 25.4. The second-order valence-electron chi connectivity index (χ2n) is 11.7. The summed E-state index contributed by atoms with van der Waals surface area (Å²) in [5.41, 5.74) is 2.26. The summed E-state index contributed by atoms with van der Waals surface area (Å²) in [6.07, 6.45) is 5.14. The smallest absolute Gasteiger partial charge is 0.226 e. The quantitative estimate of drug-likeness (QED) is 0.553. The third kappa shape index (κ3) is 4.92. The number of nitrogens with zero attached hydrogens (tertiary/aromatic N) is 3. The Morgan fingerprint density at radius 1 is 1.36 bits per heavy atom. The van der Waals surface area contributed by atoms with E-state index in [4.69, 9.17) is 4.98 Å². The number of anilines is 1. The number of aromatic nitrogens is 2. The van der Waals surface area contributed by atoms with Crippen LogP contribution in [0.1, 0.15) is 55.8 Å². The summed E-state index contributed by atoms with van der Waals surface area (Å²) in [4.78, 5) is 27.6. The van der Waals surface area contributed by atoms with E-state index in [0.29, 0.717) is 0 Å². The Balaban J connectivity index is 1.27. The van der Waals surface area contributed by atoms with Crippen molar-refractivity contribution in [3.63, 3.8) is 0 Å². The van der Waals surface area contributed by atoms with E-state index in [1.54, 1.807) is 11.3 Å². The molecule has 2 fully saturated rings. The van der Waals surface area contributed by atoms with Gasteiger partial charge in [0.2, 0.25) is 5.91 Å². The standard InChI is InChI=1S/C28H41N5O2S/c1-18(26(35)33-15-13-32(4)14-16-33)21-8-10-28(3)17-22-24(19(2)23(28)25(21)34)31-27(36-22)30-12-9-20-7-5-6-11-29-20/h5-7,11,18-19,21,23,25,34H,8-10,12-17H2,1-4H3,(H,30,31)/p+1/t18-,19-,21-,23+,25-,28-/m0/s1. The largest absolute Gasteiger partial charge is 0.392 e. The number of carbonyl (C=O) groups excluding carboxylic acids is 1. The number of quaternary nitrogens is 1. The minimum absolute atomic E-state index is 0.0150. The molecule has 6 atom stereocenters. The van der Waals surface area contributed by atoms with Gasteiger partial charge in [0.15, 0.2) is 5.13 Å². The zero-order valence-corrected chi connectivity index (χ0v) is 23.0. The van der Waals surface area contributed by atoms with Crippen LogP contribution in [-0.2, 0) is 17.6 Å².